The van der Waals surface area contributed by atoms with Crippen LogP contribution in [0, 0.1) is 17.2 Å². The van der Waals surface area contributed by atoms with Crippen molar-refractivity contribution in [2.75, 3.05) is 83.4 Å². The predicted octanol–water partition coefficient (Wildman–Crippen LogP) is 3.43. The van der Waals surface area contributed by atoms with Crippen LogP contribution in [0.5, 0.6) is 11.5 Å². The Hall–Kier alpha value is -2.91. The Balaban J connectivity index is 1.01. The number of halogens is 1. The van der Waals surface area contributed by atoms with Crippen LogP contribution < -0.4 is 15.0 Å². The van der Waals surface area contributed by atoms with Crippen LogP contribution in [-0.2, 0) is 10.2 Å². The summed E-state index contributed by atoms with van der Waals surface area (Å²) in [6.07, 6.45) is 7.98. The normalized spacial score (nSPS) is 21.6. The number of piperidine rings is 2. The van der Waals surface area contributed by atoms with Gasteiger partial charge in [-0.1, -0.05) is 0 Å². The Kier molecular flexibility index (Phi) is 10.9. The fraction of sp³-hybridized carbons (Fsp3) is 0.676. The van der Waals surface area contributed by atoms with Crippen LogP contribution >= 0.6 is 0 Å². The van der Waals surface area contributed by atoms with E-state index in [1.165, 1.54) is 24.5 Å². The van der Waals surface area contributed by atoms with Gasteiger partial charge in [-0.15, -0.1) is 0 Å². The molecule has 6 rings (SSSR count). The van der Waals surface area contributed by atoms with E-state index in [1.807, 2.05) is 20.8 Å². The van der Waals surface area contributed by atoms with Crippen molar-refractivity contribution in [3.8, 4) is 11.5 Å². The fourth-order valence-corrected chi connectivity index (χ4v) is 9.42. The molecule has 5 heterocycles. The second kappa shape index (κ2) is 14.9. The molecule has 12 nitrogen and oxygen atoms in total. The lowest BCUT2D eigenvalue weighted by molar-refractivity contribution is 0.0607. The first-order valence-corrected chi connectivity index (χ1v) is 19.0. The number of benzene rings is 1. The number of carbonyl (C=O) groups is 1. The molecule has 0 radical (unpaired) electrons. The van der Waals surface area contributed by atoms with Crippen molar-refractivity contribution in [2.24, 2.45) is 11.3 Å². The molecule has 0 aliphatic carbocycles. The minimum atomic E-state index is -3.38. The lowest BCUT2D eigenvalue weighted by Gasteiger charge is -2.54. The maximum absolute atomic E-state index is 14.3. The first-order chi connectivity index (χ1) is 23.1. The molecular weight excluding hydrogens is 635 g/mol. The number of amides is 1. The van der Waals surface area contributed by atoms with E-state index in [4.69, 9.17) is 4.74 Å². The number of ether oxygens (including phenoxy) is 1. The summed E-state index contributed by atoms with van der Waals surface area (Å²) >= 11 is 0. The monoisotopic (exact) mass is 686 g/mol. The molecule has 1 N–H and O–H groups in total. The van der Waals surface area contributed by atoms with Crippen LogP contribution in [0.2, 0.25) is 0 Å². The zero-order chi connectivity index (χ0) is 33.9. The summed E-state index contributed by atoms with van der Waals surface area (Å²) in [6, 6.07) is 3.99. The Labute approximate surface area is 284 Å². The number of aromatic nitrogens is 2. The van der Waals surface area contributed by atoms with E-state index in [0.717, 1.165) is 71.4 Å². The van der Waals surface area contributed by atoms with Gasteiger partial charge in [0.2, 0.25) is 0 Å². The van der Waals surface area contributed by atoms with E-state index >= 15 is 0 Å². The van der Waals surface area contributed by atoms with Gasteiger partial charge in [-0.2, -0.15) is 17.0 Å². The Morgan fingerprint density at radius 3 is 2.50 bits per heavy atom. The second-order valence-electron chi connectivity index (χ2n) is 14.1. The molecule has 0 unspecified atom stereocenters. The fourth-order valence-electron chi connectivity index (χ4n) is 7.74. The molecule has 4 aliphatic heterocycles. The van der Waals surface area contributed by atoms with E-state index in [0.29, 0.717) is 56.8 Å². The highest BCUT2D eigenvalue weighted by Crippen LogP contribution is 2.45. The maximum Gasteiger partial charge on any atom is 0.282 e. The van der Waals surface area contributed by atoms with Crippen molar-refractivity contribution < 1.29 is 22.3 Å². The highest BCUT2D eigenvalue weighted by molar-refractivity contribution is 7.86. The third-order valence-corrected chi connectivity index (χ3v) is 12.6. The first kappa shape index (κ1) is 34.9. The minimum Gasteiger partial charge on any atom is -0.451 e. The summed E-state index contributed by atoms with van der Waals surface area (Å²) in [5, 5.41) is 3.29. The van der Waals surface area contributed by atoms with Crippen LogP contribution in [0.15, 0.2) is 30.7 Å². The summed E-state index contributed by atoms with van der Waals surface area (Å²) < 4.78 is 50.3. The lowest BCUT2D eigenvalue weighted by atomic mass is 9.72. The molecule has 1 aromatic heterocycles. The van der Waals surface area contributed by atoms with Crippen LogP contribution in [-0.4, -0.2) is 127 Å². The quantitative estimate of drug-likeness (QED) is 0.402. The first-order valence-electron chi connectivity index (χ1n) is 17.6. The van der Waals surface area contributed by atoms with Crippen LogP contribution in [0.1, 0.15) is 63.2 Å². The lowest BCUT2D eigenvalue weighted by Crippen LogP contribution is -2.61. The zero-order valence-corrected chi connectivity index (χ0v) is 29.4. The van der Waals surface area contributed by atoms with Crippen molar-refractivity contribution in [1.82, 2.24) is 33.7 Å². The number of anilines is 1. The molecule has 1 amide bonds. The van der Waals surface area contributed by atoms with Crippen LogP contribution in [0.3, 0.4) is 0 Å². The number of carbonyl (C=O) groups excluding carboxylic acids is 1. The van der Waals surface area contributed by atoms with Crippen molar-refractivity contribution in [1.29, 1.82) is 0 Å². The van der Waals surface area contributed by atoms with Gasteiger partial charge in [0.15, 0.2) is 11.6 Å². The van der Waals surface area contributed by atoms with Crippen molar-refractivity contribution in [3.05, 3.63) is 42.1 Å². The van der Waals surface area contributed by atoms with E-state index in [9.17, 15) is 17.6 Å². The Morgan fingerprint density at radius 2 is 1.79 bits per heavy atom. The molecule has 264 valence electrons. The van der Waals surface area contributed by atoms with Gasteiger partial charge >= 0.3 is 0 Å². The van der Waals surface area contributed by atoms with E-state index in [-0.39, 0.29) is 28.7 Å². The molecule has 1 aromatic carbocycles. The Morgan fingerprint density at radius 1 is 1.06 bits per heavy atom. The number of rotatable bonds is 10. The summed E-state index contributed by atoms with van der Waals surface area (Å²) in [7, 11) is -3.38. The molecule has 48 heavy (non-hydrogen) atoms. The molecule has 4 saturated heterocycles. The van der Waals surface area contributed by atoms with E-state index in [1.54, 1.807) is 19.7 Å². The topological polar surface area (TPSA) is 114 Å². The van der Waals surface area contributed by atoms with Gasteiger partial charge in [-0.3, -0.25) is 4.79 Å². The van der Waals surface area contributed by atoms with Gasteiger partial charge in [-0.05, 0) is 96.6 Å². The number of hydrogen-bond donors (Lipinski definition) is 1. The van der Waals surface area contributed by atoms with Crippen molar-refractivity contribution in [2.45, 2.75) is 58.9 Å². The molecule has 2 aromatic rings. The number of nitrogens with one attached hydrogen (secondary N) is 1. The third kappa shape index (κ3) is 7.62. The SMILES string of the molecule is CCN(C(=O)c1cc(F)ccc1Oc1cncnc1N1CC2(CCN(CC3CCN(S(=O)(=O)N4CCCNCC4)CC3)CC2)C1)C(C)C. The molecule has 1 spiro atoms. The minimum absolute atomic E-state index is 0.0399. The Bertz CT molecular complexity index is 1510. The van der Waals surface area contributed by atoms with Gasteiger partial charge < -0.3 is 24.8 Å². The van der Waals surface area contributed by atoms with E-state index < -0.39 is 16.0 Å². The highest BCUT2D eigenvalue weighted by Gasteiger charge is 2.46. The molecule has 0 atom stereocenters. The van der Waals surface area contributed by atoms with Gasteiger partial charge in [-0.25, -0.2) is 14.4 Å². The summed E-state index contributed by atoms with van der Waals surface area (Å²) in [4.78, 5) is 28.5. The molecule has 4 fully saturated rings. The second-order valence-corrected chi connectivity index (χ2v) is 16.1. The average Bonchev–Trinajstić information content (AvgIpc) is 3.36. The van der Waals surface area contributed by atoms with Gasteiger partial charge in [0.05, 0.1) is 11.8 Å². The average molecular weight is 687 g/mol. The van der Waals surface area contributed by atoms with E-state index in [2.05, 4.69) is 25.1 Å². The summed E-state index contributed by atoms with van der Waals surface area (Å²) in [5.41, 5.74) is 0.392. The van der Waals surface area contributed by atoms with Crippen molar-refractivity contribution in [3.63, 3.8) is 0 Å². The van der Waals surface area contributed by atoms with Crippen LogP contribution in [0.4, 0.5) is 10.2 Å². The van der Waals surface area contributed by atoms with Gasteiger partial charge in [0.1, 0.15) is 17.9 Å². The molecule has 14 heteroatoms. The zero-order valence-electron chi connectivity index (χ0n) is 28.6. The summed E-state index contributed by atoms with van der Waals surface area (Å²) in [6.45, 7) is 15.0. The smallest absolute Gasteiger partial charge is 0.282 e. The number of hydrogen-bond acceptors (Lipinski definition) is 9. The van der Waals surface area contributed by atoms with Gasteiger partial charge in [0.25, 0.3) is 16.1 Å². The van der Waals surface area contributed by atoms with Crippen molar-refractivity contribution >= 4 is 21.9 Å². The van der Waals surface area contributed by atoms with Crippen LogP contribution in [0.25, 0.3) is 0 Å². The maximum atomic E-state index is 14.3. The largest absolute Gasteiger partial charge is 0.451 e. The number of nitrogens with zero attached hydrogens (tertiary/aromatic N) is 7. The molecule has 4 aliphatic rings. The molecule has 0 saturated carbocycles. The molecular formula is C34H51FN8O4S. The highest BCUT2D eigenvalue weighted by atomic mass is 32.2. The molecule has 0 bridgehead atoms. The standard InChI is InChI=1S/C34H51FN8O4S/c1-4-43(26(2)3)33(44)29-20-28(35)6-7-30(29)47-31-21-37-25-38-32(31)40-23-34(24-40)10-17-39(18-11-34)22-27-8-15-42(16-9-27)48(45,46)41-14-5-12-36-13-19-41/h6-7,20-21,25-27,36H,4-5,8-19,22-24H2,1-3H3. The van der Waals surface area contributed by atoms with Gasteiger partial charge in [0, 0.05) is 70.4 Å². The predicted molar refractivity (Wildman–Crippen MR) is 183 cm³/mol. The summed E-state index contributed by atoms with van der Waals surface area (Å²) in [5.74, 6) is 1.14. The number of likely N-dealkylation sites (tertiary alicyclic amines) is 1. The third-order valence-electron chi connectivity index (χ3n) is 10.6.